The molecular formula is C8H10Cl2N2O. The van der Waals surface area contributed by atoms with Crippen molar-refractivity contribution >= 4 is 29.8 Å². The quantitative estimate of drug-likeness (QED) is 0.606. The minimum atomic E-state index is -0.00465. The van der Waals surface area contributed by atoms with E-state index in [4.69, 9.17) is 27.5 Å². The first kappa shape index (κ1) is 12.1. The fourth-order valence-electron chi connectivity index (χ4n) is 0.718. The summed E-state index contributed by atoms with van der Waals surface area (Å²) >= 11 is 5.70. The maximum Gasteiger partial charge on any atom is 0.145 e. The van der Waals surface area contributed by atoms with Crippen LogP contribution in [0, 0.1) is 5.41 Å². The van der Waals surface area contributed by atoms with Crippen LogP contribution in [0.1, 0.15) is 0 Å². The van der Waals surface area contributed by atoms with Gasteiger partial charge in [-0.25, -0.2) is 0 Å². The Morgan fingerprint density at radius 1 is 1.54 bits per heavy atom. The van der Waals surface area contributed by atoms with Gasteiger partial charge in [-0.15, -0.1) is 12.4 Å². The van der Waals surface area contributed by atoms with E-state index < -0.39 is 0 Å². The molecule has 0 fully saturated rings. The third kappa shape index (κ3) is 4.60. The predicted molar refractivity (Wildman–Crippen MR) is 56.1 cm³/mol. The summed E-state index contributed by atoms with van der Waals surface area (Å²) in [6, 6.07) is 6.96. The highest BCUT2D eigenvalue weighted by Crippen LogP contribution is 2.16. The van der Waals surface area contributed by atoms with Gasteiger partial charge < -0.3 is 10.5 Å². The number of benzene rings is 1. The maximum absolute atomic E-state index is 6.92. The largest absolute Gasteiger partial charge is 0.486 e. The second kappa shape index (κ2) is 5.67. The summed E-state index contributed by atoms with van der Waals surface area (Å²) in [5.74, 6) is 0.618. The summed E-state index contributed by atoms with van der Waals surface area (Å²) in [6.07, 6.45) is 0. The SMILES string of the molecule is Cl.N=C(N)COc1cccc(Cl)c1. The van der Waals surface area contributed by atoms with E-state index in [2.05, 4.69) is 0 Å². The van der Waals surface area contributed by atoms with Gasteiger partial charge in [0.05, 0.1) is 0 Å². The van der Waals surface area contributed by atoms with Gasteiger partial charge in [0.2, 0.25) is 0 Å². The van der Waals surface area contributed by atoms with Crippen LogP contribution in [0.4, 0.5) is 0 Å². The molecule has 0 radical (unpaired) electrons. The molecule has 0 heterocycles. The van der Waals surface area contributed by atoms with Gasteiger partial charge in [-0.3, -0.25) is 5.41 Å². The highest BCUT2D eigenvalue weighted by molar-refractivity contribution is 6.30. The van der Waals surface area contributed by atoms with Crippen LogP contribution >= 0.6 is 24.0 Å². The summed E-state index contributed by atoms with van der Waals surface area (Å²) in [5, 5.41) is 7.52. The van der Waals surface area contributed by atoms with Crippen LogP contribution in [0.25, 0.3) is 0 Å². The van der Waals surface area contributed by atoms with Crippen molar-refractivity contribution < 1.29 is 4.74 Å². The Kier molecular flexibility index (Phi) is 5.26. The molecule has 0 saturated heterocycles. The van der Waals surface area contributed by atoms with Crippen molar-refractivity contribution in [1.29, 1.82) is 5.41 Å². The predicted octanol–water partition coefficient (Wildman–Crippen LogP) is 2.08. The average Bonchev–Trinajstić information content (AvgIpc) is 2.01. The van der Waals surface area contributed by atoms with Crippen LogP contribution < -0.4 is 10.5 Å². The highest BCUT2D eigenvalue weighted by atomic mass is 35.5. The molecule has 0 amide bonds. The Bertz CT molecular complexity index is 291. The molecule has 0 atom stereocenters. The van der Waals surface area contributed by atoms with E-state index in [0.29, 0.717) is 10.8 Å². The lowest BCUT2D eigenvalue weighted by molar-refractivity contribution is 0.374. The summed E-state index contributed by atoms with van der Waals surface area (Å²) in [6.45, 7) is 0.0976. The van der Waals surface area contributed by atoms with Crippen LogP contribution in [0.2, 0.25) is 5.02 Å². The van der Waals surface area contributed by atoms with Gasteiger partial charge in [0, 0.05) is 5.02 Å². The normalized spacial score (nSPS) is 8.69. The number of rotatable bonds is 3. The smallest absolute Gasteiger partial charge is 0.145 e. The van der Waals surface area contributed by atoms with Gasteiger partial charge in [-0.1, -0.05) is 17.7 Å². The van der Waals surface area contributed by atoms with Crippen molar-refractivity contribution in [2.24, 2.45) is 5.73 Å². The van der Waals surface area contributed by atoms with Crippen molar-refractivity contribution in [1.82, 2.24) is 0 Å². The summed E-state index contributed by atoms with van der Waals surface area (Å²) in [4.78, 5) is 0. The number of nitrogens with two attached hydrogens (primary N) is 1. The second-order valence-corrected chi connectivity index (χ2v) is 2.71. The molecule has 0 bridgehead atoms. The minimum absolute atomic E-state index is 0. The van der Waals surface area contributed by atoms with Crippen molar-refractivity contribution in [2.75, 3.05) is 6.61 Å². The average molecular weight is 221 g/mol. The molecular weight excluding hydrogens is 211 g/mol. The number of halogens is 2. The number of amidine groups is 1. The van der Waals surface area contributed by atoms with Gasteiger partial charge >= 0.3 is 0 Å². The number of hydrogen-bond donors (Lipinski definition) is 2. The minimum Gasteiger partial charge on any atom is -0.486 e. The Balaban J connectivity index is 0.00000144. The van der Waals surface area contributed by atoms with Crippen LogP contribution in [0.5, 0.6) is 5.75 Å². The molecule has 0 aliphatic rings. The molecule has 1 rings (SSSR count). The van der Waals surface area contributed by atoms with Gasteiger partial charge in [-0.05, 0) is 18.2 Å². The van der Waals surface area contributed by atoms with Crippen LogP contribution in [-0.2, 0) is 0 Å². The van der Waals surface area contributed by atoms with E-state index in [9.17, 15) is 0 Å². The van der Waals surface area contributed by atoms with Crippen molar-refractivity contribution in [3.8, 4) is 5.75 Å². The third-order valence-corrected chi connectivity index (χ3v) is 1.43. The molecule has 1 aromatic carbocycles. The molecule has 0 aliphatic heterocycles. The first-order valence-corrected chi connectivity index (χ1v) is 3.77. The standard InChI is InChI=1S/C8H9ClN2O.ClH/c9-6-2-1-3-7(4-6)12-5-8(10)11;/h1-4H,5H2,(H3,10,11);1H. The Morgan fingerprint density at radius 2 is 2.23 bits per heavy atom. The number of ether oxygens (including phenoxy) is 1. The van der Waals surface area contributed by atoms with E-state index in [1.807, 2.05) is 0 Å². The zero-order valence-electron chi connectivity index (χ0n) is 6.79. The zero-order valence-corrected chi connectivity index (χ0v) is 8.36. The fraction of sp³-hybridized carbons (Fsp3) is 0.125. The first-order chi connectivity index (χ1) is 5.68. The molecule has 0 spiro atoms. The van der Waals surface area contributed by atoms with Crippen LogP contribution in [0.3, 0.4) is 0 Å². The van der Waals surface area contributed by atoms with Crippen LogP contribution in [-0.4, -0.2) is 12.4 Å². The van der Waals surface area contributed by atoms with Crippen molar-refractivity contribution in [3.05, 3.63) is 29.3 Å². The molecule has 3 N–H and O–H groups in total. The maximum atomic E-state index is 6.92. The Hall–Kier alpha value is -0.930. The molecule has 5 heteroatoms. The monoisotopic (exact) mass is 220 g/mol. The van der Waals surface area contributed by atoms with Crippen molar-refractivity contribution in [2.45, 2.75) is 0 Å². The summed E-state index contributed by atoms with van der Waals surface area (Å²) < 4.78 is 5.11. The summed E-state index contributed by atoms with van der Waals surface area (Å²) in [7, 11) is 0. The zero-order chi connectivity index (χ0) is 8.97. The Morgan fingerprint density at radius 3 is 2.77 bits per heavy atom. The van der Waals surface area contributed by atoms with Gasteiger partial charge in [-0.2, -0.15) is 0 Å². The van der Waals surface area contributed by atoms with E-state index in [1.165, 1.54) is 0 Å². The molecule has 0 aliphatic carbocycles. The molecule has 3 nitrogen and oxygen atoms in total. The van der Waals surface area contributed by atoms with E-state index in [0.717, 1.165) is 0 Å². The van der Waals surface area contributed by atoms with E-state index in [-0.39, 0.29) is 24.8 Å². The van der Waals surface area contributed by atoms with E-state index in [1.54, 1.807) is 24.3 Å². The molecule has 0 unspecified atom stereocenters. The molecule has 1 aromatic rings. The topological polar surface area (TPSA) is 59.1 Å². The molecule has 0 aromatic heterocycles. The number of nitrogens with one attached hydrogen (secondary N) is 1. The first-order valence-electron chi connectivity index (χ1n) is 3.40. The van der Waals surface area contributed by atoms with Gasteiger partial charge in [0.1, 0.15) is 18.2 Å². The van der Waals surface area contributed by atoms with Gasteiger partial charge in [0.15, 0.2) is 0 Å². The lowest BCUT2D eigenvalue weighted by Crippen LogP contribution is -2.19. The lowest BCUT2D eigenvalue weighted by Gasteiger charge is -2.03. The summed E-state index contributed by atoms with van der Waals surface area (Å²) in [5.41, 5.74) is 5.10. The van der Waals surface area contributed by atoms with Gasteiger partial charge in [0.25, 0.3) is 0 Å². The molecule has 72 valence electrons. The molecule has 13 heavy (non-hydrogen) atoms. The third-order valence-electron chi connectivity index (χ3n) is 1.19. The number of hydrogen-bond acceptors (Lipinski definition) is 2. The van der Waals surface area contributed by atoms with Crippen molar-refractivity contribution in [3.63, 3.8) is 0 Å². The highest BCUT2D eigenvalue weighted by Gasteiger charge is 1.94. The lowest BCUT2D eigenvalue weighted by atomic mass is 10.3. The van der Waals surface area contributed by atoms with Crippen LogP contribution in [0.15, 0.2) is 24.3 Å². The molecule has 0 saturated carbocycles. The second-order valence-electron chi connectivity index (χ2n) is 2.27. The fourth-order valence-corrected chi connectivity index (χ4v) is 0.898. The Labute approximate surface area is 87.8 Å². The van der Waals surface area contributed by atoms with E-state index >= 15 is 0 Å².